The lowest BCUT2D eigenvalue weighted by Gasteiger charge is -2.26. The number of anilines is 1. The summed E-state index contributed by atoms with van der Waals surface area (Å²) in [6, 6.07) is 0.581. The minimum atomic E-state index is 0.444. The van der Waals surface area contributed by atoms with Crippen molar-refractivity contribution in [2.75, 3.05) is 5.32 Å². The van der Waals surface area contributed by atoms with Gasteiger partial charge in [0, 0.05) is 6.04 Å². The van der Waals surface area contributed by atoms with E-state index in [1.807, 2.05) is 0 Å². The van der Waals surface area contributed by atoms with Crippen molar-refractivity contribution >= 4 is 17.4 Å². The van der Waals surface area contributed by atoms with Gasteiger partial charge in [-0.3, -0.25) is 4.98 Å². The summed E-state index contributed by atoms with van der Waals surface area (Å²) >= 11 is 5.68. The molecular formula is C8H10ClN3. The van der Waals surface area contributed by atoms with Crippen molar-refractivity contribution in [1.29, 1.82) is 0 Å². The Morgan fingerprint density at radius 2 is 2.25 bits per heavy atom. The lowest BCUT2D eigenvalue weighted by molar-refractivity contribution is 0.444. The first-order valence-electron chi connectivity index (χ1n) is 4.09. The first kappa shape index (κ1) is 7.80. The molecule has 64 valence electrons. The van der Waals surface area contributed by atoms with Gasteiger partial charge in [0.05, 0.1) is 12.4 Å². The van der Waals surface area contributed by atoms with E-state index < -0.39 is 0 Å². The smallest absolute Gasteiger partial charge is 0.149 e. The largest absolute Gasteiger partial charge is 0.366 e. The van der Waals surface area contributed by atoms with Crippen LogP contribution in [0.1, 0.15) is 19.3 Å². The van der Waals surface area contributed by atoms with Gasteiger partial charge in [-0.15, -0.1) is 0 Å². The van der Waals surface area contributed by atoms with Crippen LogP contribution >= 0.6 is 11.6 Å². The number of hydrogen-bond donors (Lipinski definition) is 1. The van der Waals surface area contributed by atoms with Crippen molar-refractivity contribution in [2.45, 2.75) is 25.3 Å². The molecule has 3 nitrogen and oxygen atoms in total. The first-order valence-corrected chi connectivity index (χ1v) is 4.46. The highest BCUT2D eigenvalue weighted by Crippen LogP contribution is 2.22. The van der Waals surface area contributed by atoms with Crippen molar-refractivity contribution in [3.8, 4) is 0 Å². The van der Waals surface area contributed by atoms with Gasteiger partial charge in [-0.1, -0.05) is 11.6 Å². The van der Waals surface area contributed by atoms with Crippen molar-refractivity contribution in [3.05, 3.63) is 17.5 Å². The van der Waals surface area contributed by atoms with Crippen molar-refractivity contribution in [1.82, 2.24) is 9.97 Å². The second kappa shape index (κ2) is 3.27. The highest BCUT2D eigenvalue weighted by atomic mass is 35.5. The summed E-state index contributed by atoms with van der Waals surface area (Å²) in [5.41, 5.74) is 0. The summed E-state index contributed by atoms with van der Waals surface area (Å²) in [7, 11) is 0. The van der Waals surface area contributed by atoms with E-state index in [4.69, 9.17) is 11.6 Å². The number of aromatic nitrogens is 2. The van der Waals surface area contributed by atoms with Crippen LogP contribution in [0.2, 0.25) is 5.15 Å². The fraction of sp³-hybridized carbons (Fsp3) is 0.500. The van der Waals surface area contributed by atoms with Gasteiger partial charge in [0.15, 0.2) is 0 Å². The molecule has 1 saturated carbocycles. The van der Waals surface area contributed by atoms with Crippen LogP contribution in [0.15, 0.2) is 12.4 Å². The Labute approximate surface area is 76.2 Å². The molecule has 0 radical (unpaired) electrons. The normalized spacial score (nSPS) is 17.1. The molecule has 0 unspecified atom stereocenters. The van der Waals surface area contributed by atoms with E-state index in [2.05, 4.69) is 15.3 Å². The summed E-state index contributed by atoms with van der Waals surface area (Å²) in [6.07, 6.45) is 7.01. The molecule has 1 N–H and O–H groups in total. The van der Waals surface area contributed by atoms with Gasteiger partial charge in [0.25, 0.3) is 0 Å². The fourth-order valence-corrected chi connectivity index (χ4v) is 1.32. The molecule has 1 aliphatic rings. The third kappa shape index (κ3) is 1.67. The summed E-state index contributed by atoms with van der Waals surface area (Å²) in [4.78, 5) is 8.03. The van der Waals surface area contributed by atoms with Gasteiger partial charge in [0.2, 0.25) is 0 Å². The third-order valence-electron chi connectivity index (χ3n) is 2.06. The van der Waals surface area contributed by atoms with E-state index in [0.29, 0.717) is 11.2 Å². The van der Waals surface area contributed by atoms with Gasteiger partial charge < -0.3 is 5.32 Å². The number of halogens is 1. The van der Waals surface area contributed by atoms with Crippen molar-refractivity contribution < 1.29 is 0 Å². The Kier molecular flexibility index (Phi) is 2.13. The van der Waals surface area contributed by atoms with Gasteiger partial charge in [0.1, 0.15) is 11.0 Å². The molecule has 0 amide bonds. The van der Waals surface area contributed by atoms with E-state index in [1.165, 1.54) is 25.5 Å². The number of hydrogen-bond acceptors (Lipinski definition) is 3. The summed E-state index contributed by atoms with van der Waals surface area (Å²) in [6.45, 7) is 0. The SMILES string of the molecule is Clc1cncc(NC2CCC2)n1. The number of rotatable bonds is 2. The Hall–Kier alpha value is -0.830. The third-order valence-corrected chi connectivity index (χ3v) is 2.24. The maximum atomic E-state index is 5.68. The maximum absolute atomic E-state index is 5.68. The zero-order valence-electron chi connectivity index (χ0n) is 6.63. The molecule has 0 spiro atoms. The fourth-order valence-electron chi connectivity index (χ4n) is 1.17. The molecular weight excluding hydrogens is 174 g/mol. The minimum absolute atomic E-state index is 0.444. The van der Waals surface area contributed by atoms with Gasteiger partial charge in [-0.05, 0) is 19.3 Å². The molecule has 0 aromatic carbocycles. The predicted molar refractivity (Wildman–Crippen MR) is 48.3 cm³/mol. The topological polar surface area (TPSA) is 37.8 Å². The Bertz CT molecular complexity index is 273. The average molecular weight is 184 g/mol. The highest BCUT2D eigenvalue weighted by Gasteiger charge is 2.17. The van der Waals surface area contributed by atoms with E-state index in [9.17, 15) is 0 Å². The van der Waals surface area contributed by atoms with E-state index in [0.717, 1.165) is 5.82 Å². The van der Waals surface area contributed by atoms with E-state index in [-0.39, 0.29) is 0 Å². The van der Waals surface area contributed by atoms with E-state index >= 15 is 0 Å². The van der Waals surface area contributed by atoms with Crippen LogP contribution in [0.3, 0.4) is 0 Å². The van der Waals surface area contributed by atoms with Crippen molar-refractivity contribution in [2.24, 2.45) is 0 Å². The Morgan fingerprint density at radius 3 is 2.83 bits per heavy atom. The van der Waals surface area contributed by atoms with Gasteiger partial charge >= 0.3 is 0 Å². The lowest BCUT2D eigenvalue weighted by atomic mass is 9.93. The standard InChI is InChI=1S/C8H10ClN3/c9-7-4-10-5-8(12-7)11-6-2-1-3-6/h4-6H,1-3H2,(H,11,12). The van der Waals surface area contributed by atoms with Crippen LogP contribution in [0.25, 0.3) is 0 Å². The summed E-state index contributed by atoms with van der Waals surface area (Å²) in [5.74, 6) is 0.784. The second-order valence-electron chi connectivity index (χ2n) is 3.00. The van der Waals surface area contributed by atoms with Crippen LogP contribution in [0.4, 0.5) is 5.82 Å². The zero-order valence-corrected chi connectivity index (χ0v) is 7.38. The quantitative estimate of drug-likeness (QED) is 0.763. The highest BCUT2D eigenvalue weighted by molar-refractivity contribution is 6.29. The van der Waals surface area contributed by atoms with Crippen LogP contribution in [-0.4, -0.2) is 16.0 Å². The molecule has 0 bridgehead atoms. The average Bonchev–Trinajstić information content (AvgIpc) is 1.97. The zero-order chi connectivity index (χ0) is 8.39. The monoisotopic (exact) mass is 183 g/mol. The molecule has 1 heterocycles. The predicted octanol–water partition coefficient (Wildman–Crippen LogP) is 2.09. The summed E-state index contributed by atoms with van der Waals surface area (Å²) in [5, 5.41) is 3.70. The number of nitrogens with zero attached hydrogens (tertiary/aromatic N) is 2. The summed E-state index contributed by atoms with van der Waals surface area (Å²) < 4.78 is 0. The maximum Gasteiger partial charge on any atom is 0.149 e. The molecule has 2 rings (SSSR count). The number of nitrogens with one attached hydrogen (secondary N) is 1. The first-order chi connectivity index (χ1) is 5.84. The molecule has 1 aromatic heterocycles. The molecule has 1 aromatic rings. The second-order valence-corrected chi connectivity index (χ2v) is 3.39. The van der Waals surface area contributed by atoms with Crippen LogP contribution in [-0.2, 0) is 0 Å². The molecule has 0 atom stereocenters. The van der Waals surface area contributed by atoms with Crippen LogP contribution in [0.5, 0.6) is 0 Å². The Morgan fingerprint density at radius 1 is 1.42 bits per heavy atom. The molecule has 4 heteroatoms. The lowest BCUT2D eigenvalue weighted by Crippen LogP contribution is -2.27. The van der Waals surface area contributed by atoms with Gasteiger partial charge in [-0.25, -0.2) is 4.98 Å². The minimum Gasteiger partial charge on any atom is -0.366 e. The van der Waals surface area contributed by atoms with Crippen LogP contribution < -0.4 is 5.32 Å². The van der Waals surface area contributed by atoms with Crippen molar-refractivity contribution in [3.63, 3.8) is 0 Å². The van der Waals surface area contributed by atoms with Gasteiger partial charge in [-0.2, -0.15) is 0 Å². The van der Waals surface area contributed by atoms with Crippen LogP contribution in [0, 0.1) is 0 Å². The Balaban J connectivity index is 2.02. The molecule has 0 aliphatic heterocycles. The molecule has 12 heavy (non-hydrogen) atoms. The molecule has 1 fully saturated rings. The van der Waals surface area contributed by atoms with E-state index in [1.54, 1.807) is 6.20 Å². The molecule has 0 saturated heterocycles. The molecule has 1 aliphatic carbocycles.